The summed E-state index contributed by atoms with van der Waals surface area (Å²) in [5.74, 6) is -1.96. The third kappa shape index (κ3) is 7.46. The first-order chi connectivity index (χ1) is 10.1. The number of rotatable bonds is 10. The summed E-state index contributed by atoms with van der Waals surface area (Å²) in [6.45, 7) is 2.32. The smallest absolute Gasteiger partial charge is 0.307 e. The molecule has 0 aromatic heterocycles. The molecule has 1 aromatic carbocycles. The molecule has 0 unspecified atom stereocenters. The van der Waals surface area contributed by atoms with Crippen molar-refractivity contribution in [1.29, 1.82) is 0 Å². The van der Waals surface area contributed by atoms with Gasteiger partial charge in [0.25, 0.3) is 0 Å². The Morgan fingerprint density at radius 1 is 1.24 bits per heavy atom. The molecular weight excluding hydrogens is 270 g/mol. The summed E-state index contributed by atoms with van der Waals surface area (Å²) >= 11 is 0. The molecule has 0 aliphatic rings. The number of nitrogens with one attached hydrogen (secondary N) is 1. The number of carbonyl (C=O) groups excluding carboxylic acids is 1. The molecule has 0 aliphatic heterocycles. The number of carboxylic acid groups (broad SMARTS) is 1. The van der Waals surface area contributed by atoms with Crippen LogP contribution in [0.5, 0.6) is 0 Å². The summed E-state index contributed by atoms with van der Waals surface area (Å²) in [4.78, 5) is 27.9. The van der Waals surface area contributed by atoms with Gasteiger partial charge in [-0.3, -0.25) is 14.4 Å². The van der Waals surface area contributed by atoms with Crippen LogP contribution in [0.15, 0.2) is 30.3 Å². The number of benzene rings is 1. The third-order valence-electron chi connectivity index (χ3n) is 3.20. The molecule has 1 amide bonds. The van der Waals surface area contributed by atoms with Crippen molar-refractivity contribution >= 4 is 11.9 Å². The van der Waals surface area contributed by atoms with E-state index in [1.807, 2.05) is 30.3 Å². The molecular formula is C16H23NO4. The van der Waals surface area contributed by atoms with Crippen LogP contribution in [0.3, 0.4) is 0 Å². The highest BCUT2D eigenvalue weighted by Crippen LogP contribution is 2.14. The van der Waals surface area contributed by atoms with E-state index in [2.05, 4.69) is 12.4 Å². The van der Waals surface area contributed by atoms with Crippen molar-refractivity contribution in [3.8, 4) is 0 Å². The second-order valence-corrected chi connectivity index (χ2v) is 5.03. The molecule has 1 aromatic rings. The number of hydroxylamine groups is 1. The molecule has 1 rings (SSSR count). The minimum Gasteiger partial charge on any atom is -0.481 e. The lowest BCUT2D eigenvalue weighted by Crippen LogP contribution is -2.28. The van der Waals surface area contributed by atoms with E-state index in [1.165, 1.54) is 0 Å². The summed E-state index contributed by atoms with van der Waals surface area (Å²) in [6.07, 6.45) is 3.31. The van der Waals surface area contributed by atoms with Gasteiger partial charge in [0.2, 0.25) is 5.91 Å². The van der Waals surface area contributed by atoms with Crippen molar-refractivity contribution in [3.63, 3.8) is 0 Å². The van der Waals surface area contributed by atoms with E-state index in [1.54, 1.807) is 0 Å². The van der Waals surface area contributed by atoms with Crippen molar-refractivity contribution in [2.45, 2.75) is 45.6 Å². The number of aliphatic carboxylic acids is 1. The zero-order chi connectivity index (χ0) is 15.5. The Morgan fingerprint density at radius 2 is 1.95 bits per heavy atom. The minimum atomic E-state index is -0.927. The molecule has 0 saturated heterocycles. The number of hydrogen-bond acceptors (Lipinski definition) is 3. The van der Waals surface area contributed by atoms with Crippen LogP contribution in [0.4, 0.5) is 0 Å². The molecule has 21 heavy (non-hydrogen) atoms. The van der Waals surface area contributed by atoms with Gasteiger partial charge in [0.1, 0.15) is 0 Å². The van der Waals surface area contributed by atoms with Crippen molar-refractivity contribution in [2.24, 2.45) is 5.92 Å². The zero-order valence-electron chi connectivity index (χ0n) is 12.4. The fraction of sp³-hybridized carbons (Fsp3) is 0.500. The Labute approximate surface area is 125 Å². The molecule has 5 nitrogen and oxygen atoms in total. The maximum absolute atomic E-state index is 11.7. The molecule has 0 saturated carbocycles. The van der Waals surface area contributed by atoms with Gasteiger partial charge in [-0.2, -0.15) is 0 Å². The Hall–Kier alpha value is -1.88. The predicted octanol–water partition coefficient (Wildman–Crippen LogP) is 2.91. The second kappa shape index (κ2) is 9.94. The van der Waals surface area contributed by atoms with Gasteiger partial charge in [-0.1, -0.05) is 56.5 Å². The normalized spacial score (nSPS) is 11.9. The van der Waals surface area contributed by atoms with Crippen molar-refractivity contribution in [3.05, 3.63) is 35.9 Å². The number of amides is 1. The molecule has 0 aliphatic carbocycles. The van der Waals surface area contributed by atoms with E-state index in [-0.39, 0.29) is 13.0 Å². The van der Waals surface area contributed by atoms with Crippen molar-refractivity contribution in [2.75, 3.05) is 0 Å². The monoisotopic (exact) mass is 293 g/mol. The fourth-order valence-electron chi connectivity index (χ4n) is 1.99. The van der Waals surface area contributed by atoms with Crippen LogP contribution in [-0.4, -0.2) is 17.0 Å². The largest absolute Gasteiger partial charge is 0.481 e. The maximum atomic E-state index is 11.7. The number of hydrogen-bond donors (Lipinski definition) is 2. The fourth-order valence-corrected chi connectivity index (χ4v) is 1.99. The lowest BCUT2D eigenvalue weighted by atomic mass is 9.98. The van der Waals surface area contributed by atoms with Crippen molar-refractivity contribution < 1.29 is 19.5 Å². The number of unbranched alkanes of at least 4 members (excludes halogenated alkanes) is 2. The minimum absolute atomic E-state index is 0.0478. The molecule has 0 heterocycles. The summed E-state index contributed by atoms with van der Waals surface area (Å²) in [7, 11) is 0. The highest BCUT2D eigenvalue weighted by molar-refractivity contribution is 5.81. The molecule has 0 spiro atoms. The summed E-state index contributed by atoms with van der Waals surface area (Å²) in [6, 6.07) is 9.44. The average Bonchev–Trinajstić information content (AvgIpc) is 2.47. The Kier molecular flexibility index (Phi) is 8.12. The van der Waals surface area contributed by atoms with E-state index < -0.39 is 17.8 Å². The van der Waals surface area contributed by atoms with E-state index >= 15 is 0 Å². The van der Waals surface area contributed by atoms with E-state index in [0.717, 1.165) is 24.8 Å². The summed E-state index contributed by atoms with van der Waals surface area (Å²) in [5, 5.41) is 9.10. The lowest BCUT2D eigenvalue weighted by Gasteiger charge is -2.12. The molecule has 0 radical (unpaired) electrons. The SMILES string of the molecule is CCCCC[C@H](CC(=O)NOCc1ccccc1)C(=O)O. The Balaban J connectivity index is 2.28. The highest BCUT2D eigenvalue weighted by atomic mass is 16.6. The summed E-state index contributed by atoms with van der Waals surface area (Å²) in [5.41, 5.74) is 3.24. The lowest BCUT2D eigenvalue weighted by molar-refractivity contribution is -0.147. The van der Waals surface area contributed by atoms with Gasteiger partial charge < -0.3 is 5.11 Å². The first-order valence-electron chi connectivity index (χ1n) is 7.30. The number of carboxylic acids is 1. The molecule has 116 valence electrons. The van der Waals surface area contributed by atoms with Gasteiger partial charge in [-0.25, -0.2) is 5.48 Å². The first-order valence-corrected chi connectivity index (χ1v) is 7.30. The Bertz CT molecular complexity index is 433. The zero-order valence-corrected chi connectivity index (χ0v) is 12.4. The Morgan fingerprint density at radius 3 is 2.57 bits per heavy atom. The maximum Gasteiger partial charge on any atom is 0.307 e. The molecule has 0 fully saturated rings. The van der Waals surface area contributed by atoms with Crippen LogP contribution < -0.4 is 5.48 Å². The molecule has 5 heteroatoms. The van der Waals surface area contributed by atoms with Gasteiger partial charge in [-0.05, 0) is 12.0 Å². The summed E-state index contributed by atoms with van der Waals surface area (Å²) < 4.78 is 0. The van der Waals surface area contributed by atoms with Crippen LogP contribution in [0.25, 0.3) is 0 Å². The van der Waals surface area contributed by atoms with Crippen molar-refractivity contribution in [1.82, 2.24) is 5.48 Å². The van der Waals surface area contributed by atoms with Gasteiger partial charge in [0, 0.05) is 6.42 Å². The molecule has 1 atom stereocenters. The van der Waals surface area contributed by atoms with E-state index in [9.17, 15) is 9.59 Å². The quantitative estimate of drug-likeness (QED) is 0.514. The number of carbonyl (C=O) groups is 2. The van der Waals surface area contributed by atoms with Gasteiger partial charge in [-0.15, -0.1) is 0 Å². The van der Waals surface area contributed by atoms with Crippen LogP contribution in [0, 0.1) is 5.92 Å². The van der Waals surface area contributed by atoms with E-state index in [0.29, 0.717) is 6.42 Å². The van der Waals surface area contributed by atoms with Crippen LogP contribution in [0.2, 0.25) is 0 Å². The average molecular weight is 293 g/mol. The molecule has 2 N–H and O–H groups in total. The first kappa shape index (κ1) is 17.2. The van der Waals surface area contributed by atoms with Crippen LogP contribution in [0.1, 0.15) is 44.6 Å². The third-order valence-corrected chi connectivity index (χ3v) is 3.20. The standard InChI is InChI=1S/C16H23NO4/c1-2-3-5-10-14(16(19)20)11-15(18)17-21-12-13-8-6-4-7-9-13/h4,6-9,14H,2-3,5,10-12H2,1H3,(H,17,18)(H,19,20)/t14-/m1/s1. The van der Waals surface area contributed by atoms with E-state index in [4.69, 9.17) is 9.94 Å². The van der Waals surface area contributed by atoms with Gasteiger partial charge in [0.05, 0.1) is 12.5 Å². The second-order valence-electron chi connectivity index (χ2n) is 5.03. The topological polar surface area (TPSA) is 75.6 Å². The van der Waals surface area contributed by atoms with Gasteiger partial charge in [0.15, 0.2) is 0 Å². The highest BCUT2D eigenvalue weighted by Gasteiger charge is 2.20. The van der Waals surface area contributed by atoms with Crippen LogP contribution in [-0.2, 0) is 21.0 Å². The molecule has 0 bridgehead atoms. The van der Waals surface area contributed by atoms with Gasteiger partial charge >= 0.3 is 5.97 Å². The predicted molar refractivity (Wildman–Crippen MR) is 79.3 cm³/mol. The van der Waals surface area contributed by atoms with Crippen LogP contribution >= 0.6 is 0 Å².